The van der Waals surface area contributed by atoms with Gasteiger partial charge >= 0.3 is 0 Å². The summed E-state index contributed by atoms with van der Waals surface area (Å²) in [4.78, 5) is 20.3. The molecule has 4 rings (SSSR count). The summed E-state index contributed by atoms with van der Waals surface area (Å²) in [5.41, 5.74) is 3.54. The number of likely N-dealkylation sites (N-methyl/N-ethyl adjacent to an activating group) is 1. The van der Waals surface area contributed by atoms with Crippen molar-refractivity contribution in [2.24, 2.45) is 0 Å². The molecule has 1 saturated heterocycles. The summed E-state index contributed by atoms with van der Waals surface area (Å²) >= 11 is 0. The van der Waals surface area contributed by atoms with Crippen molar-refractivity contribution in [1.82, 2.24) is 25.0 Å². The molecule has 8 nitrogen and oxygen atoms in total. The number of allylic oxidation sites excluding steroid dienone is 1. The predicted octanol–water partition coefficient (Wildman–Crippen LogP) is 1.91. The van der Waals surface area contributed by atoms with Crippen LogP contribution in [0.5, 0.6) is 0 Å². The number of fused-ring (bicyclic) bond motifs is 1. The van der Waals surface area contributed by atoms with Gasteiger partial charge in [0.15, 0.2) is 0 Å². The van der Waals surface area contributed by atoms with E-state index in [0.29, 0.717) is 13.1 Å². The van der Waals surface area contributed by atoms with Crippen molar-refractivity contribution in [1.29, 1.82) is 5.41 Å². The van der Waals surface area contributed by atoms with Crippen LogP contribution < -0.4 is 10.2 Å². The number of hydrogen-bond donors (Lipinski definition) is 2. The fraction of sp³-hybridized carbons (Fsp3) is 0.238. The summed E-state index contributed by atoms with van der Waals surface area (Å²) < 4.78 is 1.86. The third-order valence-corrected chi connectivity index (χ3v) is 5.11. The average Bonchev–Trinajstić information content (AvgIpc) is 3.17. The van der Waals surface area contributed by atoms with Gasteiger partial charge in [-0.3, -0.25) is 4.79 Å². The number of carbonyl (C=O) groups excluding carboxylic acids is 1. The zero-order valence-electron chi connectivity index (χ0n) is 16.5. The standard InChI is InChI=1S/C21H23N7O/c1-23-12-17(11-22)15-3-4-16-13-25-28(19(16)9-15)18-5-6-24-20(10-18)27-8-7-26(2)21(29)14-27/h3-6,9-13,22-23H,7-8,14H2,1-2H3/b17-12+,22-11?. The lowest BCUT2D eigenvalue weighted by Gasteiger charge is -2.32. The van der Waals surface area contributed by atoms with Crippen molar-refractivity contribution in [3.05, 3.63) is 54.5 Å². The van der Waals surface area contributed by atoms with Crippen LogP contribution in [0.15, 0.2) is 48.9 Å². The lowest BCUT2D eigenvalue weighted by molar-refractivity contribution is -0.129. The van der Waals surface area contributed by atoms with Crippen molar-refractivity contribution >= 4 is 34.4 Å². The van der Waals surface area contributed by atoms with Gasteiger partial charge in [-0.25, -0.2) is 9.67 Å². The largest absolute Gasteiger partial charge is 0.393 e. The lowest BCUT2D eigenvalue weighted by Crippen LogP contribution is -2.48. The van der Waals surface area contributed by atoms with Crippen molar-refractivity contribution in [2.45, 2.75) is 0 Å². The van der Waals surface area contributed by atoms with E-state index in [-0.39, 0.29) is 5.91 Å². The molecule has 0 atom stereocenters. The van der Waals surface area contributed by atoms with E-state index >= 15 is 0 Å². The minimum Gasteiger partial charge on any atom is -0.393 e. The molecule has 0 radical (unpaired) electrons. The highest BCUT2D eigenvalue weighted by Crippen LogP contribution is 2.24. The summed E-state index contributed by atoms with van der Waals surface area (Å²) in [5.74, 6) is 0.854. The van der Waals surface area contributed by atoms with Gasteiger partial charge in [0.2, 0.25) is 5.91 Å². The van der Waals surface area contributed by atoms with Gasteiger partial charge in [-0.05, 0) is 17.7 Å². The molecule has 1 amide bonds. The fourth-order valence-corrected chi connectivity index (χ4v) is 3.43. The molecule has 29 heavy (non-hydrogen) atoms. The van der Waals surface area contributed by atoms with Crippen molar-refractivity contribution in [2.75, 3.05) is 38.6 Å². The number of piperazine rings is 1. The third-order valence-electron chi connectivity index (χ3n) is 5.11. The molecule has 0 aliphatic carbocycles. The number of pyridine rings is 1. The second-order valence-electron chi connectivity index (χ2n) is 6.97. The highest BCUT2D eigenvalue weighted by molar-refractivity contribution is 6.09. The van der Waals surface area contributed by atoms with Gasteiger partial charge in [-0.2, -0.15) is 5.10 Å². The van der Waals surface area contributed by atoms with E-state index in [0.717, 1.165) is 40.1 Å². The molecule has 2 N–H and O–H groups in total. The van der Waals surface area contributed by atoms with Gasteiger partial charge in [0.25, 0.3) is 0 Å². The molecule has 1 aliphatic rings. The summed E-state index contributed by atoms with van der Waals surface area (Å²) in [6, 6.07) is 9.87. The second-order valence-corrected chi connectivity index (χ2v) is 6.97. The number of rotatable bonds is 5. The first kappa shape index (κ1) is 18.7. The monoisotopic (exact) mass is 389 g/mol. The Bertz CT molecular complexity index is 1100. The fourth-order valence-electron chi connectivity index (χ4n) is 3.43. The molecule has 148 valence electrons. The maximum Gasteiger partial charge on any atom is 0.241 e. The Kier molecular flexibility index (Phi) is 4.99. The highest BCUT2D eigenvalue weighted by Gasteiger charge is 2.22. The van der Waals surface area contributed by atoms with Crippen LogP contribution in [0.2, 0.25) is 0 Å². The Hall–Kier alpha value is -3.68. The van der Waals surface area contributed by atoms with Crippen molar-refractivity contribution in [3.63, 3.8) is 0 Å². The Morgan fingerprint density at radius 1 is 1.24 bits per heavy atom. The Labute approximate surface area is 169 Å². The highest BCUT2D eigenvalue weighted by atomic mass is 16.2. The first-order valence-corrected chi connectivity index (χ1v) is 9.42. The first-order valence-electron chi connectivity index (χ1n) is 9.42. The molecule has 0 unspecified atom stereocenters. The van der Waals surface area contributed by atoms with Crippen LogP contribution in [0.25, 0.3) is 22.2 Å². The maximum absolute atomic E-state index is 12.1. The molecule has 0 bridgehead atoms. The topological polar surface area (TPSA) is 90.1 Å². The number of aromatic nitrogens is 3. The Morgan fingerprint density at radius 2 is 2.10 bits per heavy atom. The first-order chi connectivity index (χ1) is 14.1. The lowest BCUT2D eigenvalue weighted by atomic mass is 10.1. The molecular weight excluding hydrogens is 366 g/mol. The van der Waals surface area contributed by atoms with E-state index in [1.165, 1.54) is 6.21 Å². The molecule has 8 heteroatoms. The summed E-state index contributed by atoms with van der Waals surface area (Å²) in [6.07, 6.45) is 6.69. The van der Waals surface area contributed by atoms with Gasteiger partial charge in [-0.1, -0.05) is 12.1 Å². The number of amides is 1. The molecule has 2 aromatic heterocycles. The van der Waals surface area contributed by atoms with Gasteiger partial charge in [-0.15, -0.1) is 0 Å². The third kappa shape index (κ3) is 3.56. The predicted molar refractivity (Wildman–Crippen MR) is 115 cm³/mol. The molecule has 1 fully saturated rings. The van der Waals surface area contributed by atoms with E-state index in [4.69, 9.17) is 5.41 Å². The number of carbonyl (C=O) groups is 1. The molecule has 1 aliphatic heterocycles. The van der Waals surface area contributed by atoms with Crippen LogP contribution in [-0.4, -0.2) is 65.5 Å². The van der Waals surface area contributed by atoms with Crippen LogP contribution in [0.1, 0.15) is 5.56 Å². The Morgan fingerprint density at radius 3 is 2.86 bits per heavy atom. The van der Waals surface area contributed by atoms with Crippen molar-refractivity contribution in [3.8, 4) is 5.69 Å². The van der Waals surface area contributed by atoms with Gasteiger partial charge < -0.3 is 20.5 Å². The van der Waals surface area contributed by atoms with Crippen molar-refractivity contribution < 1.29 is 4.79 Å². The van der Waals surface area contributed by atoms with E-state index in [1.807, 2.05) is 60.2 Å². The minimum atomic E-state index is 0.0909. The number of anilines is 1. The zero-order chi connectivity index (χ0) is 20.4. The summed E-state index contributed by atoms with van der Waals surface area (Å²) in [5, 5.41) is 16.2. The molecule has 3 heterocycles. The minimum absolute atomic E-state index is 0.0909. The van der Waals surface area contributed by atoms with E-state index in [9.17, 15) is 4.79 Å². The quantitative estimate of drug-likeness (QED) is 0.651. The molecular formula is C21H23N7O. The SMILES string of the molecule is CN/C=C(\C=N)c1ccc2cnn(-c3ccnc(N4CCN(C)C(=O)C4)c3)c2c1. The normalized spacial score (nSPS) is 15.1. The van der Waals surface area contributed by atoms with E-state index in [2.05, 4.69) is 15.4 Å². The smallest absolute Gasteiger partial charge is 0.241 e. The number of benzene rings is 1. The average molecular weight is 389 g/mol. The molecule has 0 spiro atoms. The molecule has 0 saturated carbocycles. The maximum atomic E-state index is 12.1. The summed E-state index contributed by atoms with van der Waals surface area (Å²) in [7, 11) is 3.63. The van der Waals surface area contributed by atoms with E-state index in [1.54, 1.807) is 17.3 Å². The van der Waals surface area contributed by atoms with Crippen LogP contribution >= 0.6 is 0 Å². The van der Waals surface area contributed by atoms with Gasteiger partial charge in [0.05, 0.1) is 23.9 Å². The van der Waals surface area contributed by atoms with Crippen LogP contribution in [-0.2, 0) is 4.79 Å². The van der Waals surface area contributed by atoms with Gasteiger partial charge in [0.1, 0.15) is 5.82 Å². The molecule has 1 aromatic carbocycles. The molecule has 3 aromatic rings. The number of nitrogens with zero attached hydrogens (tertiary/aromatic N) is 5. The van der Waals surface area contributed by atoms with E-state index < -0.39 is 0 Å². The van der Waals surface area contributed by atoms with Crippen LogP contribution in [0, 0.1) is 5.41 Å². The second kappa shape index (κ2) is 7.75. The zero-order valence-corrected chi connectivity index (χ0v) is 16.5. The summed E-state index contributed by atoms with van der Waals surface area (Å²) in [6.45, 7) is 1.76. The van der Waals surface area contributed by atoms with Gasteiger partial charge in [0, 0.05) is 62.8 Å². The number of nitrogens with one attached hydrogen (secondary N) is 2. The van der Waals surface area contributed by atoms with Crippen LogP contribution in [0.3, 0.4) is 0 Å². The van der Waals surface area contributed by atoms with Crippen LogP contribution in [0.4, 0.5) is 5.82 Å². The Balaban J connectivity index is 1.72. The number of hydrogen-bond acceptors (Lipinski definition) is 6.